The summed E-state index contributed by atoms with van der Waals surface area (Å²) in [6, 6.07) is 3.81. The van der Waals surface area contributed by atoms with Crippen molar-refractivity contribution >= 4 is 5.91 Å². The number of morpholine rings is 1. The van der Waals surface area contributed by atoms with Crippen LogP contribution in [0.1, 0.15) is 16.8 Å². The summed E-state index contributed by atoms with van der Waals surface area (Å²) in [5.74, 6) is 0.105. The first-order valence-corrected chi connectivity index (χ1v) is 5.17. The molecule has 4 heteroatoms. The van der Waals surface area contributed by atoms with E-state index in [1.807, 2.05) is 4.90 Å². The first-order valence-electron chi connectivity index (χ1n) is 5.17. The van der Waals surface area contributed by atoms with E-state index in [1.165, 1.54) is 0 Å². The molecule has 3 heterocycles. The van der Waals surface area contributed by atoms with Crippen molar-refractivity contribution in [3.63, 3.8) is 0 Å². The van der Waals surface area contributed by atoms with Crippen LogP contribution in [-0.2, 0) is 4.74 Å². The van der Waals surface area contributed by atoms with Crippen LogP contribution in [0, 0.1) is 0 Å². The minimum absolute atomic E-state index is 0.105. The molecule has 78 valence electrons. The van der Waals surface area contributed by atoms with Gasteiger partial charge in [-0.25, -0.2) is 0 Å². The Morgan fingerprint density at radius 1 is 1.47 bits per heavy atom. The summed E-state index contributed by atoms with van der Waals surface area (Å²) in [6.07, 6.45) is 4.56. The third-order valence-electron chi connectivity index (χ3n) is 3.09. The Morgan fingerprint density at radius 2 is 2.27 bits per heavy atom. The van der Waals surface area contributed by atoms with Crippen LogP contribution in [-0.4, -0.2) is 41.1 Å². The molecule has 2 aliphatic heterocycles. The van der Waals surface area contributed by atoms with Crippen molar-refractivity contribution in [1.82, 2.24) is 9.88 Å². The molecule has 15 heavy (non-hydrogen) atoms. The minimum Gasteiger partial charge on any atom is -0.374 e. The predicted molar refractivity (Wildman–Crippen MR) is 53.4 cm³/mol. The van der Waals surface area contributed by atoms with E-state index in [0.717, 1.165) is 18.5 Å². The maximum absolute atomic E-state index is 12.1. The van der Waals surface area contributed by atoms with E-state index in [-0.39, 0.29) is 18.1 Å². The lowest BCUT2D eigenvalue weighted by Crippen LogP contribution is -2.41. The zero-order valence-electron chi connectivity index (χ0n) is 8.30. The number of carbonyl (C=O) groups excluding carboxylic acids is 1. The van der Waals surface area contributed by atoms with E-state index in [0.29, 0.717) is 6.61 Å². The van der Waals surface area contributed by atoms with Gasteiger partial charge in [-0.2, -0.15) is 0 Å². The second-order valence-electron chi connectivity index (χ2n) is 4.04. The molecule has 0 spiro atoms. The summed E-state index contributed by atoms with van der Waals surface area (Å²) in [5, 5.41) is 0. The molecular weight excluding hydrogens is 192 g/mol. The lowest BCUT2D eigenvalue weighted by Gasteiger charge is -2.26. The van der Waals surface area contributed by atoms with Crippen LogP contribution in [0.3, 0.4) is 0 Å². The van der Waals surface area contributed by atoms with Gasteiger partial charge in [0.1, 0.15) is 0 Å². The largest absolute Gasteiger partial charge is 0.374 e. The molecule has 2 fully saturated rings. The third-order valence-corrected chi connectivity index (χ3v) is 3.09. The molecule has 0 radical (unpaired) electrons. The van der Waals surface area contributed by atoms with Crippen LogP contribution in [0.5, 0.6) is 0 Å². The average Bonchev–Trinajstić information content (AvgIpc) is 2.91. The number of pyridine rings is 1. The minimum atomic E-state index is 0.105. The van der Waals surface area contributed by atoms with Crippen LogP contribution in [0.4, 0.5) is 0 Å². The number of likely N-dealkylation sites (tertiary alicyclic amines) is 1. The van der Waals surface area contributed by atoms with Crippen LogP contribution < -0.4 is 0 Å². The molecule has 4 nitrogen and oxygen atoms in total. The zero-order chi connectivity index (χ0) is 10.3. The molecule has 0 saturated carbocycles. The van der Waals surface area contributed by atoms with Gasteiger partial charge in [0.15, 0.2) is 0 Å². The van der Waals surface area contributed by atoms with E-state index in [1.54, 1.807) is 24.5 Å². The number of amides is 1. The van der Waals surface area contributed by atoms with Gasteiger partial charge in [-0.05, 0) is 18.6 Å². The first-order chi connectivity index (χ1) is 7.34. The predicted octanol–water partition coefficient (Wildman–Crippen LogP) is 0.695. The molecule has 2 aliphatic rings. The smallest absolute Gasteiger partial charge is 0.254 e. The monoisotopic (exact) mass is 204 g/mol. The number of hydrogen-bond acceptors (Lipinski definition) is 3. The quantitative estimate of drug-likeness (QED) is 0.676. The number of aromatic nitrogens is 1. The van der Waals surface area contributed by atoms with Crippen molar-refractivity contribution in [1.29, 1.82) is 0 Å². The van der Waals surface area contributed by atoms with Gasteiger partial charge < -0.3 is 9.64 Å². The molecule has 2 bridgehead atoms. The maximum Gasteiger partial charge on any atom is 0.254 e. The van der Waals surface area contributed by atoms with Crippen molar-refractivity contribution in [2.75, 3.05) is 13.2 Å². The Labute approximate surface area is 87.9 Å². The van der Waals surface area contributed by atoms with Crippen molar-refractivity contribution in [3.8, 4) is 0 Å². The van der Waals surface area contributed by atoms with Crippen LogP contribution >= 0.6 is 0 Å². The summed E-state index contributed by atoms with van der Waals surface area (Å²) >= 11 is 0. The van der Waals surface area contributed by atoms with E-state index < -0.39 is 0 Å². The van der Waals surface area contributed by atoms with Gasteiger partial charge >= 0.3 is 0 Å². The molecule has 1 amide bonds. The van der Waals surface area contributed by atoms with Crippen molar-refractivity contribution < 1.29 is 9.53 Å². The second kappa shape index (κ2) is 3.31. The molecule has 3 rings (SSSR count). The molecule has 0 aliphatic carbocycles. The highest BCUT2D eigenvalue weighted by molar-refractivity contribution is 5.94. The molecule has 2 atom stereocenters. The highest BCUT2D eigenvalue weighted by atomic mass is 16.5. The molecule has 1 aromatic rings. The Hall–Kier alpha value is -1.42. The van der Waals surface area contributed by atoms with Gasteiger partial charge in [0.2, 0.25) is 0 Å². The molecule has 2 saturated heterocycles. The van der Waals surface area contributed by atoms with Crippen LogP contribution in [0.2, 0.25) is 0 Å². The summed E-state index contributed by atoms with van der Waals surface area (Å²) in [6.45, 7) is 1.44. The van der Waals surface area contributed by atoms with Gasteiger partial charge in [0.05, 0.1) is 18.8 Å². The van der Waals surface area contributed by atoms with Crippen molar-refractivity contribution in [2.45, 2.75) is 18.6 Å². The SMILES string of the molecule is O=C(c1ccncc1)N1CC2CC1CO2. The lowest BCUT2D eigenvalue weighted by atomic mass is 10.2. The summed E-state index contributed by atoms with van der Waals surface area (Å²) < 4.78 is 5.46. The first kappa shape index (κ1) is 8.85. The summed E-state index contributed by atoms with van der Waals surface area (Å²) in [5.41, 5.74) is 0.720. The Kier molecular flexibility index (Phi) is 1.95. The number of ether oxygens (including phenoxy) is 1. The van der Waals surface area contributed by atoms with E-state index in [4.69, 9.17) is 4.74 Å². The van der Waals surface area contributed by atoms with Crippen LogP contribution in [0.25, 0.3) is 0 Å². The van der Waals surface area contributed by atoms with Gasteiger partial charge in [0, 0.05) is 24.5 Å². The molecular formula is C11H12N2O2. The van der Waals surface area contributed by atoms with E-state index in [2.05, 4.69) is 4.98 Å². The zero-order valence-corrected chi connectivity index (χ0v) is 8.30. The lowest BCUT2D eigenvalue weighted by molar-refractivity contribution is 0.0259. The Balaban J connectivity index is 1.81. The molecule has 0 aromatic carbocycles. The van der Waals surface area contributed by atoms with Gasteiger partial charge in [-0.1, -0.05) is 0 Å². The molecule has 2 unspecified atom stereocenters. The highest BCUT2D eigenvalue weighted by Gasteiger charge is 2.41. The Morgan fingerprint density at radius 3 is 2.87 bits per heavy atom. The number of carbonyl (C=O) groups is 1. The highest BCUT2D eigenvalue weighted by Crippen LogP contribution is 2.28. The maximum atomic E-state index is 12.1. The average molecular weight is 204 g/mol. The van der Waals surface area contributed by atoms with E-state index >= 15 is 0 Å². The van der Waals surface area contributed by atoms with E-state index in [9.17, 15) is 4.79 Å². The Bertz CT molecular complexity index is 379. The third kappa shape index (κ3) is 1.41. The molecule has 0 N–H and O–H groups in total. The van der Waals surface area contributed by atoms with Gasteiger partial charge in [0.25, 0.3) is 5.91 Å². The fraction of sp³-hybridized carbons (Fsp3) is 0.455. The molecule has 1 aromatic heterocycles. The van der Waals surface area contributed by atoms with Crippen molar-refractivity contribution in [3.05, 3.63) is 30.1 Å². The second-order valence-corrected chi connectivity index (χ2v) is 4.04. The number of hydrogen-bond donors (Lipinski definition) is 0. The van der Waals surface area contributed by atoms with Gasteiger partial charge in [-0.15, -0.1) is 0 Å². The number of nitrogens with zero attached hydrogens (tertiary/aromatic N) is 2. The normalized spacial score (nSPS) is 28.4. The van der Waals surface area contributed by atoms with Crippen molar-refractivity contribution in [2.24, 2.45) is 0 Å². The topological polar surface area (TPSA) is 42.4 Å². The standard InChI is InChI=1S/C11H12N2O2/c14-11(8-1-3-12-4-2-8)13-6-10-5-9(13)7-15-10/h1-4,9-10H,5-7H2. The summed E-state index contributed by atoms with van der Waals surface area (Å²) in [4.78, 5) is 17.9. The summed E-state index contributed by atoms with van der Waals surface area (Å²) in [7, 11) is 0. The number of fused-ring (bicyclic) bond motifs is 2. The fourth-order valence-corrected chi connectivity index (χ4v) is 2.31. The van der Waals surface area contributed by atoms with Crippen LogP contribution in [0.15, 0.2) is 24.5 Å². The number of rotatable bonds is 1. The van der Waals surface area contributed by atoms with Gasteiger partial charge in [-0.3, -0.25) is 9.78 Å². The fourth-order valence-electron chi connectivity index (χ4n) is 2.31.